The highest BCUT2D eigenvalue weighted by Crippen LogP contribution is 2.44. The van der Waals surface area contributed by atoms with E-state index in [1.165, 1.54) is 22.3 Å². The van der Waals surface area contributed by atoms with Crippen molar-refractivity contribution in [2.45, 2.75) is 27.7 Å². The maximum Gasteiger partial charge on any atom is 0.104 e. The predicted molar refractivity (Wildman–Crippen MR) is 291 cm³/mol. The highest BCUT2D eigenvalue weighted by Gasteiger charge is 2.24. The monoisotopic (exact) mass is 894 g/mol. The van der Waals surface area contributed by atoms with Crippen LogP contribution < -0.4 is 0 Å². The molecule has 0 spiro atoms. The first kappa shape index (κ1) is 42.2. The molecule has 0 amide bonds. The SMILES string of the molecule is Cc1ccccc1-c1ccc2c3ccc(-c4ccccc4C)cc3n(-c3cc(-c4cccc(C#N)c4)cc(-n4c5cc(-c6ccccc6C)ccc5c5ccc(-c6ccccc6C)cc54)c3C#N)c2c1. The summed E-state index contributed by atoms with van der Waals surface area (Å²) in [6, 6.07) is 78.4. The predicted octanol–water partition coefficient (Wildman–Crippen LogP) is 17.2. The zero-order chi connectivity index (χ0) is 47.6. The second-order valence-corrected chi connectivity index (χ2v) is 18.6. The van der Waals surface area contributed by atoms with Gasteiger partial charge < -0.3 is 9.13 Å². The van der Waals surface area contributed by atoms with Crippen LogP contribution in [0.4, 0.5) is 0 Å². The molecular weight excluding hydrogens is 849 g/mol. The van der Waals surface area contributed by atoms with E-state index in [0.29, 0.717) is 11.1 Å². The first-order valence-corrected chi connectivity index (χ1v) is 23.8. The van der Waals surface area contributed by atoms with Gasteiger partial charge in [0, 0.05) is 21.5 Å². The van der Waals surface area contributed by atoms with Crippen molar-refractivity contribution >= 4 is 43.6 Å². The molecule has 12 rings (SSSR count). The van der Waals surface area contributed by atoms with Crippen molar-refractivity contribution in [1.82, 2.24) is 9.13 Å². The molecule has 330 valence electrons. The Morgan fingerprint density at radius 1 is 0.300 bits per heavy atom. The van der Waals surface area contributed by atoms with Crippen LogP contribution in [0.1, 0.15) is 33.4 Å². The van der Waals surface area contributed by atoms with Gasteiger partial charge in [0.05, 0.1) is 45.1 Å². The number of benzene rings is 10. The molecule has 0 atom stereocenters. The van der Waals surface area contributed by atoms with Gasteiger partial charge >= 0.3 is 0 Å². The molecule has 0 saturated heterocycles. The molecule has 70 heavy (non-hydrogen) atoms. The summed E-state index contributed by atoms with van der Waals surface area (Å²) < 4.78 is 4.64. The summed E-state index contributed by atoms with van der Waals surface area (Å²) in [7, 11) is 0. The molecule has 2 heterocycles. The summed E-state index contributed by atoms with van der Waals surface area (Å²) in [5.41, 5.74) is 22.1. The minimum absolute atomic E-state index is 0.531. The summed E-state index contributed by atoms with van der Waals surface area (Å²) in [6.45, 7) is 8.62. The molecule has 0 N–H and O–H groups in total. The average molecular weight is 895 g/mol. The number of nitrogens with zero attached hydrogens (tertiary/aromatic N) is 4. The molecule has 0 aliphatic carbocycles. The third-order valence-electron chi connectivity index (χ3n) is 14.4. The van der Waals surface area contributed by atoms with E-state index >= 15 is 0 Å². The molecule has 4 nitrogen and oxygen atoms in total. The highest BCUT2D eigenvalue weighted by atomic mass is 15.0. The maximum atomic E-state index is 12.0. The maximum absolute atomic E-state index is 12.0. The Balaban J connectivity index is 1.25. The topological polar surface area (TPSA) is 57.4 Å². The third-order valence-corrected chi connectivity index (χ3v) is 14.4. The lowest BCUT2D eigenvalue weighted by atomic mass is 9.98. The van der Waals surface area contributed by atoms with Crippen molar-refractivity contribution in [3.05, 3.63) is 240 Å². The Labute approximate surface area is 407 Å². The number of aromatic nitrogens is 2. The van der Waals surface area contributed by atoms with Gasteiger partial charge in [0.15, 0.2) is 0 Å². The van der Waals surface area contributed by atoms with E-state index in [1.807, 2.05) is 18.2 Å². The van der Waals surface area contributed by atoms with Gasteiger partial charge in [-0.05, 0) is 154 Å². The van der Waals surface area contributed by atoms with Crippen molar-refractivity contribution in [3.8, 4) is 79.1 Å². The first-order valence-electron chi connectivity index (χ1n) is 23.8. The Morgan fingerprint density at radius 3 is 0.957 bits per heavy atom. The standard InChI is InChI=1S/C66H46N4/c1-41-14-5-9-20-52(41)47-24-28-56-57-29-25-48(53-21-10-6-15-42(53)2)34-62(57)69(61(56)33-47)65-37-51(46-19-13-18-45(32-46)39-67)38-66(60(65)40-68)70-63-35-49(54-22-11-7-16-43(54)3)26-30-58(63)59-31-27-50(36-64(59)70)55-23-12-8-17-44(55)4/h5-38H,1-4H3. The van der Waals surface area contributed by atoms with Gasteiger partial charge in [-0.1, -0.05) is 158 Å². The summed E-state index contributed by atoms with van der Waals surface area (Å²) in [6.07, 6.45) is 0. The second kappa shape index (κ2) is 16.8. The second-order valence-electron chi connectivity index (χ2n) is 18.6. The Morgan fingerprint density at radius 2 is 0.643 bits per heavy atom. The van der Waals surface area contributed by atoms with Crippen LogP contribution in [0.15, 0.2) is 206 Å². The van der Waals surface area contributed by atoms with Gasteiger partial charge in [-0.25, -0.2) is 0 Å². The first-order chi connectivity index (χ1) is 34.3. The van der Waals surface area contributed by atoms with Crippen LogP contribution >= 0.6 is 0 Å². The number of rotatable bonds is 7. The van der Waals surface area contributed by atoms with E-state index in [-0.39, 0.29) is 0 Å². The van der Waals surface area contributed by atoms with Crippen LogP contribution in [0.5, 0.6) is 0 Å². The molecule has 0 radical (unpaired) electrons. The Bertz CT molecular complexity index is 3760. The third kappa shape index (κ3) is 6.89. The summed E-state index contributed by atoms with van der Waals surface area (Å²) in [5, 5.41) is 26.6. The van der Waals surface area contributed by atoms with E-state index in [2.05, 4.69) is 237 Å². The summed E-state index contributed by atoms with van der Waals surface area (Å²) >= 11 is 0. The van der Waals surface area contributed by atoms with E-state index in [0.717, 1.165) is 111 Å². The normalized spacial score (nSPS) is 11.4. The molecule has 0 fully saturated rings. The van der Waals surface area contributed by atoms with E-state index < -0.39 is 0 Å². The minimum Gasteiger partial charge on any atom is -0.308 e. The summed E-state index contributed by atoms with van der Waals surface area (Å²) in [5.74, 6) is 0. The fraction of sp³-hybridized carbons (Fsp3) is 0.0606. The molecular formula is C66H46N4. The molecule has 0 aliphatic rings. The van der Waals surface area contributed by atoms with Crippen molar-refractivity contribution in [3.63, 3.8) is 0 Å². The van der Waals surface area contributed by atoms with Crippen molar-refractivity contribution in [2.75, 3.05) is 0 Å². The van der Waals surface area contributed by atoms with E-state index in [1.54, 1.807) is 0 Å². The zero-order valence-electron chi connectivity index (χ0n) is 39.4. The van der Waals surface area contributed by atoms with Crippen LogP contribution in [0.25, 0.3) is 111 Å². The Kier molecular flexibility index (Phi) is 10.1. The van der Waals surface area contributed by atoms with Crippen LogP contribution in [-0.4, -0.2) is 9.13 Å². The quantitative estimate of drug-likeness (QED) is 0.160. The lowest BCUT2D eigenvalue weighted by molar-refractivity contribution is 1.12. The molecule has 2 aromatic heterocycles. The average Bonchev–Trinajstić information content (AvgIpc) is 3.89. The molecule has 0 bridgehead atoms. The van der Waals surface area contributed by atoms with Gasteiger partial charge in [-0.2, -0.15) is 10.5 Å². The molecule has 0 aliphatic heterocycles. The number of hydrogen-bond donors (Lipinski definition) is 0. The summed E-state index contributed by atoms with van der Waals surface area (Å²) in [4.78, 5) is 0. The molecule has 12 aromatic rings. The molecule has 0 saturated carbocycles. The fourth-order valence-electron chi connectivity index (χ4n) is 10.8. The van der Waals surface area contributed by atoms with Crippen molar-refractivity contribution in [1.29, 1.82) is 10.5 Å². The van der Waals surface area contributed by atoms with Crippen molar-refractivity contribution < 1.29 is 0 Å². The lowest BCUT2D eigenvalue weighted by Gasteiger charge is -2.19. The van der Waals surface area contributed by atoms with Gasteiger partial charge in [-0.15, -0.1) is 0 Å². The van der Waals surface area contributed by atoms with Crippen LogP contribution in [0.3, 0.4) is 0 Å². The van der Waals surface area contributed by atoms with Crippen molar-refractivity contribution in [2.24, 2.45) is 0 Å². The number of fused-ring (bicyclic) bond motifs is 6. The number of nitriles is 2. The molecule has 10 aromatic carbocycles. The smallest absolute Gasteiger partial charge is 0.104 e. The lowest BCUT2D eigenvalue weighted by Crippen LogP contribution is -2.05. The molecule has 4 heteroatoms. The minimum atomic E-state index is 0.531. The van der Waals surface area contributed by atoms with E-state index in [4.69, 9.17) is 0 Å². The number of aryl methyl sites for hydroxylation is 4. The van der Waals surface area contributed by atoms with Crippen LogP contribution in [0, 0.1) is 50.4 Å². The Hall–Kier alpha value is -9.22. The van der Waals surface area contributed by atoms with Gasteiger partial charge in [-0.3, -0.25) is 0 Å². The highest BCUT2D eigenvalue weighted by molar-refractivity contribution is 6.13. The largest absolute Gasteiger partial charge is 0.308 e. The van der Waals surface area contributed by atoms with Gasteiger partial charge in [0.2, 0.25) is 0 Å². The van der Waals surface area contributed by atoms with Gasteiger partial charge in [0.25, 0.3) is 0 Å². The zero-order valence-corrected chi connectivity index (χ0v) is 39.4. The van der Waals surface area contributed by atoms with Crippen LogP contribution in [0.2, 0.25) is 0 Å². The fourth-order valence-corrected chi connectivity index (χ4v) is 10.8. The van der Waals surface area contributed by atoms with E-state index in [9.17, 15) is 10.5 Å². The van der Waals surface area contributed by atoms with Gasteiger partial charge in [0.1, 0.15) is 11.6 Å². The van der Waals surface area contributed by atoms with Crippen LogP contribution in [-0.2, 0) is 0 Å². The molecule has 0 unspecified atom stereocenters. The number of hydrogen-bond acceptors (Lipinski definition) is 2.